The van der Waals surface area contributed by atoms with Crippen LogP contribution in [0.5, 0.6) is 0 Å². The number of benzene rings is 2. The van der Waals surface area contributed by atoms with Crippen molar-refractivity contribution in [2.24, 2.45) is 0 Å². The average molecular weight is 373 g/mol. The van der Waals surface area contributed by atoms with Crippen molar-refractivity contribution < 1.29 is 23.1 Å². The third-order valence-corrected chi connectivity index (χ3v) is 4.73. The van der Waals surface area contributed by atoms with Crippen molar-refractivity contribution in [3.8, 4) is 0 Å². The van der Waals surface area contributed by atoms with Gasteiger partial charge in [-0.25, -0.2) is 13.6 Å². The van der Waals surface area contributed by atoms with E-state index in [0.717, 1.165) is 43.4 Å². The van der Waals surface area contributed by atoms with Gasteiger partial charge in [-0.05, 0) is 61.9 Å². The first-order valence-electron chi connectivity index (χ1n) is 8.97. The predicted octanol–water partition coefficient (Wildman–Crippen LogP) is 3.88. The summed E-state index contributed by atoms with van der Waals surface area (Å²) >= 11 is 0. The summed E-state index contributed by atoms with van der Waals surface area (Å²) in [6.07, 6.45) is 4.22. The molecule has 0 spiro atoms. The molecular formula is C21H21F2NO3. The monoisotopic (exact) mass is 373 g/mol. The van der Waals surface area contributed by atoms with Gasteiger partial charge in [-0.1, -0.05) is 12.1 Å². The second-order valence-corrected chi connectivity index (χ2v) is 6.72. The van der Waals surface area contributed by atoms with Crippen LogP contribution in [0.15, 0.2) is 36.4 Å². The Morgan fingerprint density at radius 2 is 1.81 bits per heavy atom. The quantitative estimate of drug-likeness (QED) is 0.810. The van der Waals surface area contributed by atoms with Crippen molar-refractivity contribution in [1.29, 1.82) is 0 Å². The molecule has 2 aromatic carbocycles. The first-order valence-corrected chi connectivity index (χ1v) is 8.97. The van der Waals surface area contributed by atoms with Gasteiger partial charge in [-0.15, -0.1) is 0 Å². The van der Waals surface area contributed by atoms with Gasteiger partial charge >= 0.3 is 5.97 Å². The summed E-state index contributed by atoms with van der Waals surface area (Å²) in [5.74, 6) is -2.56. The molecular weight excluding hydrogens is 352 g/mol. The van der Waals surface area contributed by atoms with E-state index in [1.165, 1.54) is 11.6 Å². The molecule has 3 rings (SSSR count). The van der Waals surface area contributed by atoms with E-state index in [0.29, 0.717) is 5.56 Å². The van der Waals surface area contributed by atoms with Gasteiger partial charge in [0.15, 0.2) is 6.61 Å². The number of esters is 1. The average Bonchev–Trinajstić information content (AvgIpc) is 2.65. The molecule has 0 saturated carbocycles. The van der Waals surface area contributed by atoms with Gasteiger partial charge in [0.05, 0.1) is 11.6 Å². The fourth-order valence-electron chi connectivity index (χ4n) is 3.29. The van der Waals surface area contributed by atoms with Gasteiger partial charge in [-0.2, -0.15) is 0 Å². The number of hydrogen-bond donors (Lipinski definition) is 1. The number of carbonyl (C=O) groups excluding carboxylic acids is 2. The number of aryl methyl sites for hydroxylation is 2. The maximum absolute atomic E-state index is 13.7. The molecule has 0 aromatic heterocycles. The van der Waals surface area contributed by atoms with Gasteiger partial charge in [0.1, 0.15) is 11.6 Å². The SMILES string of the molecule is C[C@H](NC(=O)COC(=O)c1ccc2c(c1)CCCC2)c1ccc(F)cc1F. The molecule has 0 radical (unpaired) electrons. The van der Waals surface area contributed by atoms with E-state index in [4.69, 9.17) is 4.74 Å². The van der Waals surface area contributed by atoms with Gasteiger partial charge in [0.25, 0.3) is 5.91 Å². The number of halogens is 2. The number of amides is 1. The third kappa shape index (κ3) is 4.70. The molecule has 1 amide bonds. The third-order valence-electron chi connectivity index (χ3n) is 4.73. The van der Waals surface area contributed by atoms with Crippen LogP contribution in [0.3, 0.4) is 0 Å². The Kier molecular flexibility index (Phi) is 5.84. The first-order chi connectivity index (χ1) is 12.9. The van der Waals surface area contributed by atoms with Crippen LogP contribution >= 0.6 is 0 Å². The molecule has 0 bridgehead atoms. The van der Waals surface area contributed by atoms with E-state index in [-0.39, 0.29) is 5.56 Å². The van der Waals surface area contributed by atoms with Crippen LogP contribution in [-0.2, 0) is 22.4 Å². The number of ether oxygens (including phenoxy) is 1. The normalized spacial score (nSPS) is 14.2. The van der Waals surface area contributed by atoms with Gasteiger partial charge in [0, 0.05) is 11.6 Å². The summed E-state index contributed by atoms with van der Waals surface area (Å²) in [5, 5.41) is 2.53. The van der Waals surface area contributed by atoms with Crippen LogP contribution in [0.25, 0.3) is 0 Å². The van der Waals surface area contributed by atoms with Crippen LogP contribution in [0.2, 0.25) is 0 Å². The number of nitrogens with one attached hydrogen (secondary N) is 1. The minimum absolute atomic E-state index is 0.158. The van der Waals surface area contributed by atoms with E-state index in [9.17, 15) is 18.4 Å². The molecule has 0 heterocycles. The Bertz CT molecular complexity index is 867. The molecule has 1 aliphatic rings. The molecule has 1 aliphatic carbocycles. The van der Waals surface area contributed by atoms with Crippen molar-refractivity contribution in [3.63, 3.8) is 0 Å². The summed E-state index contributed by atoms with van der Waals surface area (Å²) in [6.45, 7) is 1.10. The Hall–Kier alpha value is -2.76. The molecule has 0 aliphatic heterocycles. The molecule has 6 heteroatoms. The second-order valence-electron chi connectivity index (χ2n) is 6.72. The Labute approximate surface area is 156 Å². The molecule has 0 saturated heterocycles. The lowest BCUT2D eigenvalue weighted by atomic mass is 9.90. The number of carbonyl (C=O) groups is 2. The molecule has 0 fully saturated rings. The number of fused-ring (bicyclic) bond motifs is 1. The van der Waals surface area contributed by atoms with Gasteiger partial charge in [-0.3, -0.25) is 4.79 Å². The lowest BCUT2D eigenvalue weighted by molar-refractivity contribution is -0.124. The smallest absolute Gasteiger partial charge is 0.338 e. The van der Waals surface area contributed by atoms with Crippen molar-refractivity contribution in [2.45, 2.75) is 38.6 Å². The van der Waals surface area contributed by atoms with E-state index < -0.39 is 36.2 Å². The maximum atomic E-state index is 13.7. The molecule has 2 aromatic rings. The fraction of sp³-hybridized carbons (Fsp3) is 0.333. The molecule has 27 heavy (non-hydrogen) atoms. The Morgan fingerprint density at radius 1 is 1.07 bits per heavy atom. The Morgan fingerprint density at radius 3 is 2.56 bits per heavy atom. The number of hydrogen-bond acceptors (Lipinski definition) is 3. The number of rotatable bonds is 5. The lowest BCUT2D eigenvalue weighted by Crippen LogP contribution is -2.31. The Balaban J connectivity index is 1.54. The highest BCUT2D eigenvalue weighted by molar-refractivity contribution is 5.91. The first kappa shape index (κ1) is 19.0. The highest BCUT2D eigenvalue weighted by Gasteiger charge is 2.17. The van der Waals surface area contributed by atoms with Crippen molar-refractivity contribution in [2.75, 3.05) is 6.61 Å². The van der Waals surface area contributed by atoms with Crippen LogP contribution in [-0.4, -0.2) is 18.5 Å². The second kappa shape index (κ2) is 8.29. The van der Waals surface area contributed by atoms with Gasteiger partial charge < -0.3 is 10.1 Å². The largest absolute Gasteiger partial charge is 0.452 e. The van der Waals surface area contributed by atoms with Crippen LogP contribution in [0.4, 0.5) is 8.78 Å². The summed E-state index contributed by atoms with van der Waals surface area (Å²) < 4.78 is 31.8. The van der Waals surface area contributed by atoms with Crippen molar-refractivity contribution in [3.05, 3.63) is 70.3 Å². The van der Waals surface area contributed by atoms with E-state index in [1.54, 1.807) is 13.0 Å². The summed E-state index contributed by atoms with van der Waals surface area (Å²) in [4.78, 5) is 24.2. The van der Waals surface area contributed by atoms with Crippen LogP contribution in [0, 0.1) is 11.6 Å². The predicted molar refractivity (Wildman–Crippen MR) is 96.3 cm³/mol. The summed E-state index contributed by atoms with van der Waals surface area (Å²) in [6, 6.07) is 7.94. The lowest BCUT2D eigenvalue weighted by Gasteiger charge is -2.17. The highest BCUT2D eigenvalue weighted by atomic mass is 19.1. The van der Waals surface area contributed by atoms with E-state index in [1.807, 2.05) is 12.1 Å². The van der Waals surface area contributed by atoms with Crippen molar-refractivity contribution >= 4 is 11.9 Å². The molecule has 0 unspecified atom stereocenters. The highest BCUT2D eigenvalue weighted by Crippen LogP contribution is 2.22. The zero-order chi connectivity index (χ0) is 19.4. The van der Waals surface area contributed by atoms with Crippen molar-refractivity contribution in [1.82, 2.24) is 5.32 Å². The molecule has 142 valence electrons. The standard InChI is InChI=1S/C21H21F2NO3/c1-13(18-9-8-17(22)11-19(18)23)24-20(25)12-27-21(26)16-7-6-14-4-2-3-5-15(14)10-16/h6-11,13H,2-5,12H2,1H3,(H,24,25)/t13-/m0/s1. The zero-order valence-corrected chi connectivity index (χ0v) is 15.1. The van der Waals surface area contributed by atoms with Crippen LogP contribution < -0.4 is 5.32 Å². The van der Waals surface area contributed by atoms with E-state index >= 15 is 0 Å². The van der Waals surface area contributed by atoms with Gasteiger partial charge in [0.2, 0.25) is 0 Å². The molecule has 1 atom stereocenters. The van der Waals surface area contributed by atoms with E-state index in [2.05, 4.69) is 5.32 Å². The fourth-order valence-corrected chi connectivity index (χ4v) is 3.29. The maximum Gasteiger partial charge on any atom is 0.338 e. The molecule has 4 nitrogen and oxygen atoms in total. The summed E-state index contributed by atoms with van der Waals surface area (Å²) in [7, 11) is 0. The summed E-state index contributed by atoms with van der Waals surface area (Å²) in [5.41, 5.74) is 2.98. The topological polar surface area (TPSA) is 55.4 Å². The minimum atomic E-state index is -0.742. The molecule has 1 N–H and O–H groups in total. The zero-order valence-electron chi connectivity index (χ0n) is 15.1. The van der Waals surface area contributed by atoms with Crippen LogP contribution in [0.1, 0.15) is 52.9 Å². The minimum Gasteiger partial charge on any atom is -0.452 e.